The standard InChI is InChI=1S/C20H36N4O2/c1-14(2)18-23(6)8-7-9-24(18)19(26)22-15(3)16-10-17(21-13-25)12-20(4,5)11-16/h14-18H,7-12H2,1-6H3,(H,22,26). The van der Waals surface area contributed by atoms with Crippen LogP contribution in [0.25, 0.3) is 0 Å². The normalized spacial score (nSPS) is 30.6. The first-order chi connectivity index (χ1) is 12.1. The van der Waals surface area contributed by atoms with Gasteiger partial charge in [0.1, 0.15) is 0 Å². The summed E-state index contributed by atoms with van der Waals surface area (Å²) in [4.78, 5) is 31.9. The molecule has 2 aliphatic rings. The highest BCUT2D eigenvalue weighted by Crippen LogP contribution is 2.41. The van der Waals surface area contributed by atoms with Gasteiger partial charge in [0.05, 0.1) is 12.2 Å². The number of carbonyl (C=O) groups is 1. The number of rotatable bonds is 4. The number of nitrogens with one attached hydrogen (secondary N) is 1. The molecule has 2 fully saturated rings. The Morgan fingerprint density at radius 3 is 2.54 bits per heavy atom. The molecule has 4 atom stereocenters. The Labute approximate surface area is 158 Å². The van der Waals surface area contributed by atoms with Gasteiger partial charge in [0.25, 0.3) is 0 Å². The number of nitrogens with zero attached hydrogens (tertiary/aromatic N) is 3. The van der Waals surface area contributed by atoms with Gasteiger partial charge in [-0.1, -0.05) is 27.7 Å². The fraction of sp³-hybridized carbons (Fsp3) is 0.900. The van der Waals surface area contributed by atoms with Crippen molar-refractivity contribution in [3.05, 3.63) is 0 Å². The number of hydrogen-bond donors (Lipinski definition) is 1. The summed E-state index contributed by atoms with van der Waals surface area (Å²) in [5.41, 5.74) is 0.124. The first-order valence-electron chi connectivity index (χ1n) is 9.99. The van der Waals surface area contributed by atoms with E-state index in [1.807, 2.05) is 4.90 Å². The van der Waals surface area contributed by atoms with E-state index >= 15 is 0 Å². The molecule has 1 N–H and O–H groups in total. The van der Waals surface area contributed by atoms with Crippen molar-refractivity contribution in [2.45, 2.75) is 78.6 Å². The minimum atomic E-state index is 0.0186. The maximum absolute atomic E-state index is 13.0. The predicted octanol–water partition coefficient (Wildman–Crippen LogP) is 3.23. The summed E-state index contributed by atoms with van der Waals surface area (Å²) in [6.07, 6.45) is 5.66. The lowest BCUT2D eigenvalue weighted by Crippen LogP contribution is -2.60. The molecule has 0 spiro atoms. The predicted molar refractivity (Wildman–Crippen MR) is 104 cm³/mol. The Kier molecular flexibility index (Phi) is 6.86. The SMILES string of the molecule is CC(C)C1N(C)CCCN1C(=O)NC(C)C1CC(N=C=O)CC(C)(C)C1. The molecule has 1 saturated heterocycles. The van der Waals surface area contributed by atoms with Crippen LogP contribution in [-0.4, -0.2) is 60.3 Å². The first kappa shape index (κ1) is 20.9. The second kappa shape index (κ2) is 8.53. The quantitative estimate of drug-likeness (QED) is 0.615. The number of urea groups is 1. The molecule has 0 aromatic carbocycles. The second-order valence-electron chi connectivity index (χ2n) is 9.37. The Bertz CT molecular complexity index is 542. The van der Waals surface area contributed by atoms with Crippen molar-refractivity contribution in [1.82, 2.24) is 15.1 Å². The number of carbonyl (C=O) groups excluding carboxylic acids is 2. The van der Waals surface area contributed by atoms with Gasteiger partial charge < -0.3 is 10.2 Å². The summed E-state index contributed by atoms with van der Waals surface area (Å²) in [5, 5.41) is 3.25. The fourth-order valence-electron chi connectivity index (χ4n) is 4.98. The molecular formula is C20H36N4O2. The van der Waals surface area contributed by atoms with Crippen molar-refractivity contribution >= 4 is 12.1 Å². The molecule has 1 aliphatic heterocycles. The molecule has 148 valence electrons. The van der Waals surface area contributed by atoms with Crippen LogP contribution >= 0.6 is 0 Å². The first-order valence-corrected chi connectivity index (χ1v) is 9.99. The topological polar surface area (TPSA) is 65.0 Å². The molecule has 1 heterocycles. The highest BCUT2D eigenvalue weighted by atomic mass is 16.2. The molecule has 2 rings (SSSR count). The van der Waals surface area contributed by atoms with E-state index in [0.29, 0.717) is 11.8 Å². The third-order valence-corrected chi connectivity index (χ3v) is 6.01. The summed E-state index contributed by atoms with van der Waals surface area (Å²) in [7, 11) is 2.10. The Hall–Kier alpha value is -1.39. The lowest BCUT2D eigenvalue weighted by molar-refractivity contribution is 0.0170. The lowest BCUT2D eigenvalue weighted by atomic mass is 9.68. The highest BCUT2D eigenvalue weighted by Gasteiger charge is 2.38. The van der Waals surface area contributed by atoms with Gasteiger partial charge in [-0.2, -0.15) is 0 Å². The van der Waals surface area contributed by atoms with Crippen molar-refractivity contribution in [3.63, 3.8) is 0 Å². The van der Waals surface area contributed by atoms with E-state index in [0.717, 1.165) is 38.8 Å². The van der Waals surface area contributed by atoms with Gasteiger partial charge in [0, 0.05) is 19.1 Å². The van der Waals surface area contributed by atoms with Crippen molar-refractivity contribution < 1.29 is 9.59 Å². The zero-order valence-corrected chi connectivity index (χ0v) is 17.3. The second-order valence-corrected chi connectivity index (χ2v) is 9.37. The number of amides is 2. The largest absolute Gasteiger partial charge is 0.335 e. The van der Waals surface area contributed by atoms with E-state index < -0.39 is 0 Å². The number of hydrogen-bond acceptors (Lipinski definition) is 4. The van der Waals surface area contributed by atoms with E-state index in [-0.39, 0.29) is 29.7 Å². The van der Waals surface area contributed by atoms with Gasteiger partial charge in [-0.05, 0) is 56.9 Å². The Morgan fingerprint density at radius 1 is 1.23 bits per heavy atom. The van der Waals surface area contributed by atoms with Crippen LogP contribution in [0.5, 0.6) is 0 Å². The van der Waals surface area contributed by atoms with Crippen LogP contribution in [0.2, 0.25) is 0 Å². The zero-order valence-electron chi connectivity index (χ0n) is 17.3. The summed E-state index contributed by atoms with van der Waals surface area (Å²) in [5.74, 6) is 0.714. The van der Waals surface area contributed by atoms with Crippen LogP contribution in [0.15, 0.2) is 4.99 Å². The molecule has 0 aromatic heterocycles. The maximum atomic E-state index is 13.0. The maximum Gasteiger partial charge on any atom is 0.318 e. The molecule has 0 aromatic rings. The molecular weight excluding hydrogens is 328 g/mol. The molecule has 6 nitrogen and oxygen atoms in total. The van der Waals surface area contributed by atoms with Crippen LogP contribution in [0, 0.1) is 17.3 Å². The Balaban J connectivity index is 2.04. The van der Waals surface area contributed by atoms with Crippen LogP contribution in [0.1, 0.15) is 60.3 Å². The fourth-order valence-corrected chi connectivity index (χ4v) is 4.98. The lowest BCUT2D eigenvalue weighted by Gasteiger charge is -2.45. The summed E-state index contributed by atoms with van der Waals surface area (Å²) < 4.78 is 0. The summed E-state index contributed by atoms with van der Waals surface area (Å²) >= 11 is 0. The van der Waals surface area contributed by atoms with Crippen molar-refractivity contribution in [1.29, 1.82) is 0 Å². The van der Waals surface area contributed by atoms with Crippen LogP contribution in [0.3, 0.4) is 0 Å². The van der Waals surface area contributed by atoms with Crippen molar-refractivity contribution in [2.75, 3.05) is 20.1 Å². The zero-order chi connectivity index (χ0) is 19.5. The number of aliphatic imine (C=N–C) groups is 1. The van der Waals surface area contributed by atoms with Crippen molar-refractivity contribution in [3.8, 4) is 0 Å². The van der Waals surface area contributed by atoms with Gasteiger partial charge in [-0.15, -0.1) is 0 Å². The molecule has 6 heteroatoms. The van der Waals surface area contributed by atoms with E-state index in [1.54, 1.807) is 6.08 Å². The van der Waals surface area contributed by atoms with Gasteiger partial charge in [0.2, 0.25) is 6.08 Å². The highest BCUT2D eigenvalue weighted by molar-refractivity contribution is 5.75. The van der Waals surface area contributed by atoms with E-state index in [4.69, 9.17) is 0 Å². The molecule has 4 unspecified atom stereocenters. The Morgan fingerprint density at radius 2 is 1.92 bits per heavy atom. The van der Waals surface area contributed by atoms with Gasteiger partial charge in [-0.25, -0.2) is 14.6 Å². The summed E-state index contributed by atoms with van der Waals surface area (Å²) in [6, 6.07) is 0.109. The van der Waals surface area contributed by atoms with Gasteiger partial charge >= 0.3 is 6.03 Å². The van der Waals surface area contributed by atoms with Gasteiger partial charge in [0.15, 0.2) is 0 Å². The molecule has 0 bridgehead atoms. The third-order valence-electron chi connectivity index (χ3n) is 6.01. The number of isocyanates is 1. The molecule has 2 amide bonds. The molecule has 0 radical (unpaired) electrons. The van der Waals surface area contributed by atoms with E-state index in [2.05, 4.69) is 56.9 Å². The van der Waals surface area contributed by atoms with Gasteiger partial charge in [-0.3, -0.25) is 4.90 Å². The summed E-state index contributed by atoms with van der Waals surface area (Å²) in [6.45, 7) is 12.7. The minimum absolute atomic E-state index is 0.0186. The third kappa shape index (κ3) is 5.08. The van der Waals surface area contributed by atoms with Crippen LogP contribution < -0.4 is 5.32 Å². The smallest absolute Gasteiger partial charge is 0.318 e. The molecule has 1 aliphatic carbocycles. The molecule has 26 heavy (non-hydrogen) atoms. The average molecular weight is 365 g/mol. The average Bonchev–Trinajstić information content (AvgIpc) is 2.52. The monoisotopic (exact) mass is 364 g/mol. The van der Waals surface area contributed by atoms with Crippen LogP contribution in [0.4, 0.5) is 4.79 Å². The van der Waals surface area contributed by atoms with E-state index in [1.165, 1.54) is 0 Å². The van der Waals surface area contributed by atoms with E-state index in [9.17, 15) is 9.59 Å². The van der Waals surface area contributed by atoms with Crippen LogP contribution in [-0.2, 0) is 4.79 Å². The molecule has 1 saturated carbocycles. The van der Waals surface area contributed by atoms with Crippen molar-refractivity contribution in [2.24, 2.45) is 22.2 Å². The minimum Gasteiger partial charge on any atom is -0.335 e.